The van der Waals surface area contributed by atoms with Crippen LogP contribution in [0.2, 0.25) is 0 Å². The molecule has 10 heavy (non-hydrogen) atoms. The fourth-order valence-corrected chi connectivity index (χ4v) is 0.546. The summed E-state index contributed by atoms with van der Waals surface area (Å²) in [6.45, 7) is 0. The zero-order chi connectivity index (χ0) is 6.85. The Hall–Kier alpha value is -0.960. The second-order valence-electron chi connectivity index (χ2n) is 1.77. The molecule has 0 amide bonds. The van der Waals surface area contributed by atoms with E-state index in [1.165, 1.54) is 18.2 Å². The molecule has 1 rings (SSSR count). The predicted molar refractivity (Wildman–Crippen MR) is 42.5 cm³/mol. The summed E-state index contributed by atoms with van der Waals surface area (Å²) in [5, 5.41) is 0. The SMILES string of the molecule is Cl.Nc1ccc(F)cc1N. The molecule has 0 fully saturated rings. The first kappa shape index (κ1) is 9.04. The maximum absolute atomic E-state index is 12.2. The van der Waals surface area contributed by atoms with Gasteiger partial charge in [-0.2, -0.15) is 0 Å². The van der Waals surface area contributed by atoms with Crippen LogP contribution in [0.25, 0.3) is 0 Å². The maximum Gasteiger partial charge on any atom is 0.125 e. The Kier molecular flexibility index (Phi) is 2.96. The topological polar surface area (TPSA) is 52.0 Å². The van der Waals surface area contributed by atoms with Crippen molar-refractivity contribution in [1.82, 2.24) is 0 Å². The third-order valence-electron chi connectivity index (χ3n) is 1.05. The second kappa shape index (κ2) is 3.27. The van der Waals surface area contributed by atoms with E-state index in [9.17, 15) is 4.39 Å². The highest BCUT2D eigenvalue weighted by atomic mass is 35.5. The van der Waals surface area contributed by atoms with Gasteiger partial charge in [0.05, 0.1) is 11.4 Å². The molecule has 0 atom stereocenters. The van der Waals surface area contributed by atoms with Crippen LogP contribution in [0.5, 0.6) is 0 Å². The second-order valence-corrected chi connectivity index (χ2v) is 1.77. The molecule has 2 nitrogen and oxygen atoms in total. The molecule has 0 radical (unpaired) electrons. The number of anilines is 2. The molecule has 1 aromatic carbocycles. The van der Waals surface area contributed by atoms with E-state index in [1.54, 1.807) is 0 Å². The lowest BCUT2D eigenvalue weighted by atomic mass is 10.3. The average molecular weight is 163 g/mol. The van der Waals surface area contributed by atoms with E-state index in [0.717, 1.165) is 0 Å². The minimum absolute atomic E-state index is 0. The molecule has 0 aromatic heterocycles. The van der Waals surface area contributed by atoms with Crippen molar-refractivity contribution in [3.8, 4) is 0 Å². The van der Waals surface area contributed by atoms with Gasteiger partial charge >= 0.3 is 0 Å². The Morgan fingerprint density at radius 3 is 2.10 bits per heavy atom. The summed E-state index contributed by atoms with van der Waals surface area (Å²) in [7, 11) is 0. The number of benzene rings is 1. The lowest BCUT2D eigenvalue weighted by Gasteiger charge is -1.96. The van der Waals surface area contributed by atoms with Gasteiger partial charge in [-0.15, -0.1) is 12.4 Å². The van der Waals surface area contributed by atoms with Gasteiger partial charge in [0.15, 0.2) is 0 Å². The highest BCUT2D eigenvalue weighted by Gasteiger charge is 1.93. The molecule has 0 aliphatic carbocycles. The van der Waals surface area contributed by atoms with Gasteiger partial charge in [-0.1, -0.05) is 0 Å². The van der Waals surface area contributed by atoms with Crippen LogP contribution in [0.1, 0.15) is 0 Å². The summed E-state index contributed by atoms with van der Waals surface area (Å²) >= 11 is 0. The molecular formula is C6H8ClFN2. The van der Waals surface area contributed by atoms with Gasteiger partial charge < -0.3 is 11.5 Å². The molecule has 0 spiro atoms. The van der Waals surface area contributed by atoms with Gasteiger partial charge in [0.2, 0.25) is 0 Å². The van der Waals surface area contributed by atoms with Crippen molar-refractivity contribution in [3.05, 3.63) is 24.0 Å². The Morgan fingerprint density at radius 1 is 1.10 bits per heavy atom. The molecule has 0 saturated heterocycles. The van der Waals surface area contributed by atoms with Crippen molar-refractivity contribution in [2.75, 3.05) is 11.5 Å². The molecule has 4 heteroatoms. The summed E-state index contributed by atoms with van der Waals surface area (Å²) in [5.41, 5.74) is 11.3. The summed E-state index contributed by atoms with van der Waals surface area (Å²) in [6.07, 6.45) is 0. The number of hydrogen-bond donors (Lipinski definition) is 2. The standard InChI is InChI=1S/C6H7FN2.ClH/c7-4-1-2-5(8)6(9)3-4;/h1-3H,8-9H2;1H. The molecule has 0 heterocycles. The fourth-order valence-electron chi connectivity index (χ4n) is 0.546. The highest BCUT2D eigenvalue weighted by Crippen LogP contribution is 2.13. The van der Waals surface area contributed by atoms with Crippen LogP contribution in [0.15, 0.2) is 18.2 Å². The van der Waals surface area contributed by atoms with E-state index in [-0.39, 0.29) is 23.9 Å². The first-order chi connectivity index (χ1) is 4.20. The van der Waals surface area contributed by atoms with Crippen molar-refractivity contribution in [1.29, 1.82) is 0 Å². The van der Waals surface area contributed by atoms with Crippen molar-refractivity contribution in [2.45, 2.75) is 0 Å². The van der Waals surface area contributed by atoms with E-state index in [1.807, 2.05) is 0 Å². The molecule has 56 valence electrons. The zero-order valence-electron chi connectivity index (χ0n) is 5.17. The van der Waals surface area contributed by atoms with Crippen LogP contribution in [-0.2, 0) is 0 Å². The number of hydrogen-bond acceptors (Lipinski definition) is 2. The first-order valence-electron chi connectivity index (χ1n) is 2.50. The average Bonchev–Trinajstić information content (AvgIpc) is 1.80. The van der Waals surface area contributed by atoms with E-state index >= 15 is 0 Å². The van der Waals surface area contributed by atoms with Gasteiger partial charge in [-0.05, 0) is 18.2 Å². The normalized spacial score (nSPS) is 8.50. The van der Waals surface area contributed by atoms with Gasteiger partial charge in [-0.3, -0.25) is 0 Å². The number of halogens is 2. The van der Waals surface area contributed by atoms with Crippen molar-refractivity contribution in [3.63, 3.8) is 0 Å². The number of rotatable bonds is 0. The number of nitrogens with two attached hydrogens (primary N) is 2. The minimum Gasteiger partial charge on any atom is -0.397 e. The smallest absolute Gasteiger partial charge is 0.125 e. The molecule has 0 aliphatic rings. The zero-order valence-corrected chi connectivity index (χ0v) is 5.99. The quantitative estimate of drug-likeness (QED) is 0.567. The maximum atomic E-state index is 12.2. The Labute approximate surface area is 64.4 Å². The Morgan fingerprint density at radius 2 is 1.70 bits per heavy atom. The van der Waals surface area contributed by atoms with Crippen LogP contribution < -0.4 is 11.5 Å². The Balaban J connectivity index is 0.000000810. The van der Waals surface area contributed by atoms with Crippen LogP contribution in [0, 0.1) is 5.82 Å². The lowest BCUT2D eigenvalue weighted by molar-refractivity contribution is 0.629. The Bertz CT molecular complexity index is 227. The van der Waals surface area contributed by atoms with Gasteiger partial charge in [0, 0.05) is 0 Å². The summed E-state index contributed by atoms with van der Waals surface area (Å²) in [4.78, 5) is 0. The number of nitrogen functional groups attached to an aromatic ring is 2. The molecule has 0 aliphatic heterocycles. The van der Waals surface area contributed by atoms with Crippen molar-refractivity contribution < 1.29 is 4.39 Å². The lowest BCUT2D eigenvalue weighted by Crippen LogP contribution is -1.93. The predicted octanol–water partition coefficient (Wildman–Crippen LogP) is 1.41. The van der Waals surface area contributed by atoms with E-state index in [0.29, 0.717) is 5.69 Å². The molecule has 0 unspecified atom stereocenters. The van der Waals surface area contributed by atoms with Gasteiger partial charge in [0.25, 0.3) is 0 Å². The summed E-state index contributed by atoms with van der Waals surface area (Å²) < 4.78 is 12.2. The molecule has 0 saturated carbocycles. The summed E-state index contributed by atoms with van der Waals surface area (Å²) in [6, 6.07) is 3.89. The van der Waals surface area contributed by atoms with Crippen LogP contribution >= 0.6 is 12.4 Å². The summed E-state index contributed by atoms with van der Waals surface area (Å²) in [5.74, 6) is -0.360. The van der Waals surface area contributed by atoms with E-state index in [4.69, 9.17) is 11.5 Å². The molecular weight excluding hydrogens is 155 g/mol. The third-order valence-corrected chi connectivity index (χ3v) is 1.05. The first-order valence-corrected chi connectivity index (χ1v) is 2.50. The minimum atomic E-state index is -0.360. The van der Waals surface area contributed by atoms with E-state index < -0.39 is 0 Å². The van der Waals surface area contributed by atoms with Crippen LogP contribution in [0.3, 0.4) is 0 Å². The van der Waals surface area contributed by atoms with Crippen LogP contribution in [-0.4, -0.2) is 0 Å². The largest absolute Gasteiger partial charge is 0.397 e. The van der Waals surface area contributed by atoms with Crippen LogP contribution in [0.4, 0.5) is 15.8 Å². The molecule has 0 bridgehead atoms. The third kappa shape index (κ3) is 1.77. The molecule has 1 aromatic rings. The van der Waals surface area contributed by atoms with E-state index in [2.05, 4.69) is 0 Å². The van der Waals surface area contributed by atoms with Gasteiger partial charge in [0.1, 0.15) is 5.82 Å². The molecule has 4 N–H and O–H groups in total. The highest BCUT2D eigenvalue weighted by molar-refractivity contribution is 5.85. The monoisotopic (exact) mass is 162 g/mol. The fraction of sp³-hybridized carbons (Fsp3) is 0. The van der Waals surface area contributed by atoms with Crippen molar-refractivity contribution in [2.24, 2.45) is 0 Å². The van der Waals surface area contributed by atoms with Crippen molar-refractivity contribution >= 4 is 23.8 Å². The van der Waals surface area contributed by atoms with Gasteiger partial charge in [-0.25, -0.2) is 4.39 Å².